The quantitative estimate of drug-likeness (QED) is 0.925. The molecule has 0 aliphatic heterocycles. The van der Waals surface area contributed by atoms with Crippen molar-refractivity contribution in [1.29, 1.82) is 0 Å². The summed E-state index contributed by atoms with van der Waals surface area (Å²) in [5.41, 5.74) is 0.939. The third kappa shape index (κ3) is 3.52. The van der Waals surface area contributed by atoms with Gasteiger partial charge in [-0.1, -0.05) is 11.6 Å². The smallest absolute Gasteiger partial charge is 0.0945 e. The van der Waals surface area contributed by atoms with Gasteiger partial charge in [0.25, 0.3) is 0 Å². The highest BCUT2D eigenvalue weighted by atomic mass is 79.9. The summed E-state index contributed by atoms with van der Waals surface area (Å²) in [5, 5.41) is 6.08. The van der Waals surface area contributed by atoms with E-state index in [0.717, 1.165) is 10.0 Å². The third-order valence-electron chi connectivity index (χ3n) is 2.45. The number of hydrogen-bond acceptors (Lipinski definition) is 2. The zero-order chi connectivity index (χ0) is 12.3. The molecule has 1 aromatic rings. The molecule has 1 unspecified atom stereocenters. The van der Waals surface area contributed by atoms with Gasteiger partial charge in [-0.3, -0.25) is 10.1 Å². The number of rotatable bonds is 4. The van der Waals surface area contributed by atoms with Crippen molar-refractivity contribution in [2.24, 2.45) is 5.14 Å². The lowest BCUT2D eigenvalue weighted by Crippen LogP contribution is -2.32. The molecule has 0 aliphatic carbocycles. The number of nitrogens with two attached hydrogens (primary N) is 1. The molecule has 16 heavy (non-hydrogen) atoms. The van der Waals surface area contributed by atoms with Crippen molar-refractivity contribution >= 4 is 38.5 Å². The van der Waals surface area contributed by atoms with Crippen molar-refractivity contribution in [2.45, 2.75) is 31.4 Å². The highest BCUT2D eigenvalue weighted by Crippen LogP contribution is 2.27. The molecule has 0 spiro atoms. The van der Waals surface area contributed by atoms with E-state index in [9.17, 15) is 4.21 Å². The van der Waals surface area contributed by atoms with Gasteiger partial charge in [0, 0.05) is 12.4 Å². The van der Waals surface area contributed by atoms with Gasteiger partial charge in [-0.05, 0) is 48.2 Å². The summed E-state index contributed by atoms with van der Waals surface area (Å²) in [6.45, 7) is 3.75. The molecule has 1 heterocycles. The van der Waals surface area contributed by atoms with Crippen LogP contribution in [0.15, 0.2) is 16.9 Å². The van der Waals surface area contributed by atoms with Crippen molar-refractivity contribution in [3.63, 3.8) is 0 Å². The lowest BCUT2D eigenvalue weighted by atomic mass is 10.0. The minimum Gasteiger partial charge on any atom is -0.263 e. The van der Waals surface area contributed by atoms with Gasteiger partial charge in [-0.15, -0.1) is 0 Å². The maximum Gasteiger partial charge on any atom is 0.0945 e. The molecule has 1 rings (SSSR count). The Kier molecular flexibility index (Phi) is 4.91. The zero-order valence-electron chi connectivity index (χ0n) is 9.17. The first-order valence-corrected chi connectivity index (χ1v) is 7.17. The molecule has 1 aromatic heterocycles. The maximum atomic E-state index is 11.3. The predicted octanol–water partition coefficient (Wildman–Crippen LogP) is 2.83. The van der Waals surface area contributed by atoms with Crippen molar-refractivity contribution in [3.05, 3.63) is 27.5 Å². The van der Waals surface area contributed by atoms with E-state index in [1.54, 1.807) is 12.4 Å². The standard InChI is InChI=1S/C10H14BrClN2OS/c1-10(2,16(13)15)4-3-7-5-14-6-8(11)9(7)12/h5-6H,3-4,13H2,1-2H3. The third-order valence-corrected chi connectivity index (χ3v) is 5.02. The molecule has 0 bridgehead atoms. The Morgan fingerprint density at radius 1 is 1.56 bits per heavy atom. The molecule has 1 atom stereocenters. The number of pyridine rings is 1. The van der Waals surface area contributed by atoms with Crippen LogP contribution in [0.4, 0.5) is 0 Å². The molecule has 6 heteroatoms. The number of hydrogen-bond donors (Lipinski definition) is 1. The second-order valence-electron chi connectivity index (χ2n) is 4.15. The van der Waals surface area contributed by atoms with Gasteiger partial charge >= 0.3 is 0 Å². The Labute approximate surface area is 111 Å². The van der Waals surface area contributed by atoms with E-state index in [-0.39, 0.29) is 0 Å². The summed E-state index contributed by atoms with van der Waals surface area (Å²) in [6, 6.07) is 0. The Morgan fingerprint density at radius 3 is 2.75 bits per heavy atom. The molecule has 0 aliphatic rings. The monoisotopic (exact) mass is 324 g/mol. The van der Waals surface area contributed by atoms with Crippen LogP contribution in [-0.2, 0) is 17.4 Å². The minimum absolute atomic E-state index is 0.411. The van der Waals surface area contributed by atoms with Crippen LogP contribution < -0.4 is 5.14 Å². The Morgan fingerprint density at radius 2 is 2.19 bits per heavy atom. The van der Waals surface area contributed by atoms with Crippen LogP contribution in [0.5, 0.6) is 0 Å². The van der Waals surface area contributed by atoms with Gasteiger partial charge in [0.15, 0.2) is 0 Å². The van der Waals surface area contributed by atoms with Gasteiger partial charge in [0.05, 0.1) is 25.2 Å². The Balaban J connectivity index is 2.76. The van der Waals surface area contributed by atoms with Gasteiger partial charge in [-0.2, -0.15) is 0 Å². The van der Waals surface area contributed by atoms with Crippen molar-refractivity contribution < 1.29 is 4.21 Å². The van der Waals surface area contributed by atoms with Gasteiger partial charge < -0.3 is 0 Å². The van der Waals surface area contributed by atoms with Gasteiger partial charge in [-0.25, -0.2) is 4.21 Å². The number of halogens is 2. The normalized spacial score (nSPS) is 13.8. The van der Waals surface area contributed by atoms with E-state index in [0.29, 0.717) is 17.9 Å². The van der Waals surface area contributed by atoms with Crippen LogP contribution in [0.25, 0.3) is 0 Å². The summed E-state index contributed by atoms with van der Waals surface area (Å²) < 4.78 is 11.6. The number of aromatic nitrogens is 1. The van der Waals surface area contributed by atoms with E-state index < -0.39 is 15.7 Å². The first kappa shape index (κ1) is 14.1. The summed E-state index contributed by atoms with van der Waals surface area (Å²) >= 11 is 9.42. The molecule has 0 saturated heterocycles. The van der Waals surface area contributed by atoms with Crippen LogP contribution in [0, 0.1) is 0 Å². The van der Waals surface area contributed by atoms with Crippen LogP contribution in [-0.4, -0.2) is 13.9 Å². The van der Waals surface area contributed by atoms with E-state index in [2.05, 4.69) is 20.9 Å². The summed E-state index contributed by atoms with van der Waals surface area (Å²) in [4.78, 5) is 4.05. The van der Waals surface area contributed by atoms with Gasteiger partial charge in [0.2, 0.25) is 0 Å². The zero-order valence-corrected chi connectivity index (χ0v) is 12.3. The lowest BCUT2D eigenvalue weighted by molar-refractivity contribution is 0.591. The molecule has 0 radical (unpaired) electrons. The average molecular weight is 326 g/mol. The largest absolute Gasteiger partial charge is 0.263 e. The number of nitrogens with zero attached hydrogens (tertiary/aromatic N) is 1. The maximum absolute atomic E-state index is 11.3. The fourth-order valence-electron chi connectivity index (χ4n) is 1.17. The topological polar surface area (TPSA) is 56.0 Å². The number of aryl methyl sites for hydroxylation is 1. The van der Waals surface area contributed by atoms with Crippen LogP contribution in [0.2, 0.25) is 5.02 Å². The Hall–Kier alpha value is 0.0300. The molecular formula is C10H14BrClN2OS. The second kappa shape index (κ2) is 5.58. The molecule has 90 valence electrons. The summed E-state index contributed by atoms with van der Waals surface area (Å²) in [7, 11) is -1.34. The Bertz CT molecular complexity index is 412. The highest BCUT2D eigenvalue weighted by Gasteiger charge is 2.23. The minimum atomic E-state index is -1.34. The highest BCUT2D eigenvalue weighted by molar-refractivity contribution is 9.10. The average Bonchev–Trinajstić information content (AvgIpc) is 2.20. The van der Waals surface area contributed by atoms with Crippen LogP contribution >= 0.6 is 27.5 Å². The van der Waals surface area contributed by atoms with E-state index >= 15 is 0 Å². The molecule has 2 N–H and O–H groups in total. The predicted molar refractivity (Wildman–Crippen MR) is 71.7 cm³/mol. The van der Waals surface area contributed by atoms with E-state index in [1.165, 1.54) is 0 Å². The second-order valence-corrected chi connectivity index (χ2v) is 7.08. The fourth-order valence-corrected chi connectivity index (χ4v) is 2.04. The molecule has 3 nitrogen and oxygen atoms in total. The lowest BCUT2D eigenvalue weighted by Gasteiger charge is -2.21. The van der Waals surface area contributed by atoms with Crippen LogP contribution in [0.3, 0.4) is 0 Å². The molecule has 0 aromatic carbocycles. The molecule has 0 amide bonds. The van der Waals surface area contributed by atoms with Crippen molar-refractivity contribution in [3.8, 4) is 0 Å². The molecule has 0 saturated carbocycles. The van der Waals surface area contributed by atoms with E-state index in [1.807, 2.05) is 13.8 Å². The molecular weight excluding hydrogens is 312 g/mol. The van der Waals surface area contributed by atoms with Crippen LogP contribution in [0.1, 0.15) is 25.8 Å². The first-order valence-electron chi connectivity index (χ1n) is 4.79. The van der Waals surface area contributed by atoms with Crippen molar-refractivity contribution in [1.82, 2.24) is 4.98 Å². The fraction of sp³-hybridized carbons (Fsp3) is 0.500. The van der Waals surface area contributed by atoms with E-state index in [4.69, 9.17) is 16.7 Å². The van der Waals surface area contributed by atoms with Crippen molar-refractivity contribution in [2.75, 3.05) is 0 Å². The SMILES string of the molecule is CC(C)(CCc1cncc(Br)c1Cl)S(N)=O. The van der Waals surface area contributed by atoms with Gasteiger partial charge in [0.1, 0.15) is 0 Å². The first-order chi connectivity index (χ1) is 7.34. The molecule has 0 fully saturated rings. The summed E-state index contributed by atoms with van der Waals surface area (Å²) in [6.07, 6.45) is 4.79. The summed E-state index contributed by atoms with van der Waals surface area (Å²) in [5.74, 6) is 0.